The molecule has 0 amide bonds. The van der Waals surface area contributed by atoms with E-state index in [9.17, 15) is 4.79 Å². The number of esters is 1. The monoisotopic (exact) mass is 337 g/mol. The van der Waals surface area contributed by atoms with Crippen molar-refractivity contribution in [1.82, 2.24) is 0 Å². The van der Waals surface area contributed by atoms with E-state index in [0.29, 0.717) is 5.56 Å². The van der Waals surface area contributed by atoms with Crippen LogP contribution in [0.4, 0.5) is 5.69 Å². The fourth-order valence-corrected chi connectivity index (χ4v) is 2.93. The van der Waals surface area contributed by atoms with Crippen LogP contribution in [-0.4, -0.2) is 13.1 Å². The van der Waals surface area contributed by atoms with Crippen molar-refractivity contribution in [2.45, 2.75) is 9.79 Å². The number of carbonyl (C=O) groups is 1. The van der Waals surface area contributed by atoms with Gasteiger partial charge in [0, 0.05) is 20.0 Å². The van der Waals surface area contributed by atoms with E-state index in [1.165, 1.54) is 7.11 Å². The van der Waals surface area contributed by atoms with Crippen LogP contribution in [0.3, 0.4) is 0 Å². The Hall–Kier alpha value is -1.46. The van der Waals surface area contributed by atoms with Gasteiger partial charge in [0.05, 0.1) is 12.7 Å². The molecule has 3 nitrogen and oxygen atoms in total. The van der Waals surface area contributed by atoms with Crippen LogP contribution in [0, 0.1) is 0 Å². The van der Waals surface area contributed by atoms with Gasteiger partial charge >= 0.3 is 5.97 Å². The number of halogens is 1. The van der Waals surface area contributed by atoms with Crippen molar-refractivity contribution in [2.75, 3.05) is 12.8 Å². The predicted octanol–water partition coefficient (Wildman–Crippen LogP) is 3.97. The second kappa shape index (κ2) is 6.12. The third-order valence-electron chi connectivity index (χ3n) is 2.46. The number of carbonyl (C=O) groups excluding carboxylic acids is 1. The maximum Gasteiger partial charge on any atom is 0.337 e. The highest BCUT2D eigenvalue weighted by Crippen LogP contribution is 2.34. The molecule has 2 rings (SSSR count). The number of anilines is 1. The molecule has 0 radical (unpaired) electrons. The van der Waals surface area contributed by atoms with Gasteiger partial charge in [-0.15, -0.1) is 0 Å². The summed E-state index contributed by atoms with van der Waals surface area (Å²) in [5.74, 6) is -0.343. The van der Waals surface area contributed by atoms with Crippen LogP contribution in [0.5, 0.6) is 0 Å². The summed E-state index contributed by atoms with van der Waals surface area (Å²) in [5.41, 5.74) is 6.91. The van der Waals surface area contributed by atoms with Crippen molar-refractivity contribution in [3.63, 3.8) is 0 Å². The first-order valence-electron chi connectivity index (χ1n) is 5.51. The molecule has 0 saturated carbocycles. The summed E-state index contributed by atoms with van der Waals surface area (Å²) in [4.78, 5) is 13.5. The highest BCUT2D eigenvalue weighted by Gasteiger charge is 2.09. The standard InChI is InChI=1S/C14H12BrNO2S/c1-18-14(17)9-2-7-13(12(15)8-9)19-11-5-3-10(16)4-6-11/h2-8H,16H2,1H3. The molecule has 0 aromatic heterocycles. The highest BCUT2D eigenvalue weighted by atomic mass is 79.9. The van der Waals surface area contributed by atoms with Crippen LogP contribution in [0.1, 0.15) is 10.4 Å². The van der Waals surface area contributed by atoms with Gasteiger partial charge in [0.15, 0.2) is 0 Å². The van der Waals surface area contributed by atoms with Crippen LogP contribution < -0.4 is 5.73 Å². The van der Waals surface area contributed by atoms with Crippen LogP contribution in [0.2, 0.25) is 0 Å². The first-order valence-corrected chi connectivity index (χ1v) is 7.12. The lowest BCUT2D eigenvalue weighted by Crippen LogP contribution is -2.00. The number of rotatable bonds is 3. The van der Waals surface area contributed by atoms with Crippen LogP contribution in [0.25, 0.3) is 0 Å². The number of benzene rings is 2. The third kappa shape index (κ3) is 3.52. The minimum Gasteiger partial charge on any atom is -0.465 e. The minimum absolute atomic E-state index is 0.343. The molecule has 2 aromatic rings. The molecule has 0 heterocycles. The summed E-state index contributed by atoms with van der Waals surface area (Å²) in [7, 11) is 1.37. The lowest BCUT2D eigenvalue weighted by atomic mass is 10.2. The molecule has 0 saturated heterocycles. The summed E-state index contributed by atoms with van der Waals surface area (Å²) in [6, 6.07) is 13.0. The first kappa shape index (κ1) is 14.0. The molecule has 98 valence electrons. The largest absolute Gasteiger partial charge is 0.465 e. The number of nitrogen functional groups attached to an aromatic ring is 1. The Balaban J connectivity index is 2.22. The predicted molar refractivity (Wildman–Crippen MR) is 80.5 cm³/mol. The molecule has 0 aliphatic heterocycles. The zero-order valence-electron chi connectivity index (χ0n) is 10.2. The second-order valence-corrected chi connectivity index (χ2v) is 5.78. The molecule has 0 aliphatic carbocycles. The summed E-state index contributed by atoms with van der Waals surface area (Å²) in [5, 5.41) is 0. The van der Waals surface area contributed by atoms with Gasteiger partial charge in [0.2, 0.25) is 0 Å². The average Bonchev–Trinajstić information content (AvgIpc) is 2.42. The van der Waals surface area contributed by atoms with Gasteiger partial charge in [-0.25, -0.2) is 4.79 Å². The molecule has 5 heteroatoms. The molecular weight excluding hydrogens is 326 g/mol. The van der Waals surface area contributed by atoms with Crippen molar-refractivity contribution >= 4 is 39.3 Å². The number of hydrogen-bond donors (Lipinski definition) is 1. The Labute approximate surface area is 124 Å². The van der Waals surface area contributed by atoms with Crippen molar-refractivity contribution in [3.05, 3.63) is 52.5 Å². The van der Waals surface area contributed by atoms with Gasteiger partial charge in [-0.2, -0.15) is 0 Å². The van der Waals surface area contributed by atoms with E-state index in [1.807, 2.05) is 30.3 Å². The van der Waals surface area contributed by atoms with E-state index in [4.69, 9.17) is 5.73 Å². The molecule has 2 aromatic carbocycles. The third-order valence-corrected chi connectivity index (χ3v) is 4.46. The first-order chi connectivity index (χ1) is 9.10. The molecule has 0 aliphatic rings. The summed E-state index contributed by atoms with van der Waals surface area (Å²) in [6.45, 7) is 0. The van der Waals surface area contributed by atoms with Crippen LogP contribution in [0.15, 0.2) is 56.7 Å². The summed E-state index contributed by atoms with van der Waals surface area (Å²) in [6.07, 6.45) is 0. The number of methoxy groups -OCH3 is 1. The molecule has 0 spiro atoms. The maximum atomic E-state index is 11.4. The molecule has 0 bridgehead atoms. The fourth-order valence-electron chi connectivity index (χ4n) is 1.49. The fraction of sp³-hybridized carbons (Fsp3) is 0.0714. The van der Waals surface area contributed by atoms with Gasteiger partial charge in [-0.05, 0) is 58.4 Å². The van der Waals surface area contributed by atoms with E-state index in [2.05, 4.69) is 20.7 Å². The topological polar surface area (TPSA) is 52.3 Å². The lowest BCUT2D eigenvalue weighted by Gasteiger charge is -2.06. The quantitative estimate of drug-likeness (QED) is 0.680. The van der Waals surface area contributed by atoms with E-state index in [-0.39, 0.29) is 5.97 Å². The van der Waals surface area contributed by atoms with E-state index in [1.54, 1.807) is 23.9 Å². The lowest BCUT2D eigenvalue weighted by molar-refractivity contribution is 0.0600. The van der Waals surface area contributed by atoms with Crippen molar-refractivity contribution in [2.24, 2.45) is 0 Å². The van der Waals surface area contributed by atoms with Crippen molar-refractivity contribution in [1.29, 1.82) is 0 Å². The Bertz CT molecular complexity index is 599. The smallest absolute Gasteiger partial charge is 0.337 e. The molecular formula is C14H12BrNO2S. The van der Waals surface area contributed by atoms with Crippen molar-refractivity contribution < 1.29 is 9.53 Å². The van der Waals surface area contributed by atoms with E-state index in [0.717, 1.165) is 20.0 Å². The van der Waals surface area contributed by atoms with Gasteiger partial charge in [-0.3, -0.25) is 0 Å². The summed E-state index contributed by atoms with van der Waals surface area (Å²) >= 11 is 5.06. The molecule has 0 atom stereocenters. The highest BCUT2D eigenvalue weighted by molar-refractivity contribution is 9.10. The Morgan fingerprint density at radius 1 is 1.21 bits per heavy atom. The summed E-state index contributed by atoms with van der Waals surface area (Å²) < 4.78 is 5.54. The minimum atomic E-state index is -0.343. The van der Waals surface area contributed by atoms with Gasteiger partial charge < -0.3 is 10.5 Å². The number of nitrogens with two attached hydrogens (primary N) is 1. The number of hydrogen-bond acceptors (Lipinski definition) is 4. The Morgan fingerprint density at radius 2 is 1.89 bits per heavy atom. The van der Waals surface area contributed by atoms with Crippen molar-refractivity contribution in [3.8, 4) is 0 Å². The zero-order chi connectivity index (χ0) is 13.8. The van der Waals surface area contributed by atoms with Gasteiger partial charge in [0.25, 0.3) is 0 Å². The van der Waals surface area contributed by atoms with Gasteiger partial charge in [-0.1, -0.05) is 11.8 Å². The molecule has 0 fully saturated rings. The average molecular weight is 338 g/mol. The second-order valence-electron chi connectivity index (χ2n) is 3.81. The zero-order valence-corrected chi connectivity index (χ0v) is 12.6. The molecule has 19 heavy (non-hydrogen) atoms. The maximum absolute atomic E-state index is 11.4. The Kier molecular flexibility index (Phi) is 4.50. The van der Waals surface area contributed by atoms with Crippen LogP contribution in [-0.2, 0) is 4.74 Å². The molecule has 0 unspecified atom stereocenters. The van der Waals surface area contributed by atoms with E-state index >= 15 is 0 Å². The molecule has 2 N–H and O–H groups in total. The van der Waals surface area contributed by atoms with Gasteiger partial charge in [0.1, 0.15) is 0 Å². The SMILES string of the molecule is COC(=O)c1ccc(Sc2ccc(N)cc2)c(Br)c1. The van der Waals surface area contributed by atoms with Crippen LogP contribution >= 0.6 is 27.7 Å². The number of ether oxygens (including phenoxy) is 1. The Morgan fingerprint density at radius 3 is 2.47 bits per heavy atom. The van der Waals surface area contributed by atoms with E-state index < -0.39 is 0 Å². The normalized spacial score (nSPS) is 10.2.